The summed E-state index contributed by atoms with van der Waals surface area (Å²) in [7, 11) is -3.47. The topological polar surface area (TPSA) is 79.0 Å². The maximum absolute atomic E-state index is 12.7. The van der Waals surface area contributed by atoms with Gasteiger partial charge < -0.3 is 10.1 Å². The molecule has 1 heterocycles. The van der Waals surface area contributed by atoms with Crippen LogP contribution in [-0.4, -0.2) is 75.5 Å². The van der Waals surface area contributed by atoms with Crippen molar-refractivity contribution >= 4 is 15.9 Å². The summed E-state index contributed by atoms with van der Waals surface area (Å²) in [4.78, 5) is 14.3. The van der Waals surface area contributed by atoms with Crippen molar-refractivity contribution < 1.29 is 17.9 Å². The van der Waals surface area contributed by atoms with Crippen LogP contribution in [0.2, 0.25) is 0 Å². The maximum Gasteiger partial charge on any atom is 0.243 e. The summed E-state index contributed by atoms with van der Waals surface area (Å²) in [5.41, 5.74) is 1.03. The molecule has 0 unspecified atom stereocenters. The van der Waals surface area contributed by atoms with E-state index in [-0.39, 0.29) is 12.0 Å². The molecule has 0 bridgehead atoms. The Kier molecular flexibility index (Phi) is 8.22. The highest BCUT2D eigenvalue weighted by Crippen LogP contribution is 2.18. The Balaban J connectivity index is 1.73. The minimum Gasteiger partial charge on any atom is -0.379 e. The van der Waals surface area contributed by atoms with Crippen LogP contribution in [-0.2, 0) is 19.6 Å². The summed E-state index contributed by atoms with van der Waals surface area (Å²) >= 11 is 0. The second-order valence-corrected chi connectivity index (χ2v) is 9.05. The molecule has 1 aliphatic heterocycles. The SMILES string of the molecule is Cc1ccc(S(=O)(=O)N2CCN(CC(=O)NCCCOC(C)C)CC2)cc1. The Labute approximate surface area is 162 Å². The van der Waals surface area contributed by atoms with E-state index < -0.39 is 10.0 Å². The first-order valence-corrected chi connectivity index (χ1v) is 10.9. The lowest BCUT2D eigenvalue weighted by Gasteiger charge is -2.33. The van der Waals surface area contributed by atoms with Crippen molar-refractivity contribution in [2.75, 3.05) is 45.9 Å². The third-order valence-corrected chi connectivity index (χ3v) is 6.36. The molecule has 1 aliphatic rings. The molecule has 1 aromatic carbocycles. The molecule has 0 radical (unpaired) electrons. The first kappa shape index (κ1) is 21.8. The number of carbonyl (C=O) groups excluding carboxylic acids is 1. The predicted molar refractivity (Wildman–Crippen MR) is 105 cm³/mol. The zero-order chi connectivity index (χ0) is 19.9. The van der Waals surface area contributed by atoms with Gasteiger partial charge in [0.25, 0.3) is 0 Å². The van der Waals surface area contributed by atoms with E-state index in [2.05, 4.69) is 5.32 Å². The van der Waals surface area contributed by atoms with Crippen molar-refractivity contribution in [3.63, 3.8) is 0 Å². The van der Waals surface area contributed by atoms with E-state index >= 15 is 0 Å². The van der Waals surface area contributed by atoms with E-state index in [1.807, 2.05) is 25.7 Å². The third kappa shape index (κ3) is 6.88. The lowest BCUT2D eigenvalue weighted by molar-refractivity contribution is -0.122. The van der Waals surface area contributed by atoms with E-state index in [0.29, 0.717) is 50.8 Å². The van der Waals surface area contributed by atoms with Crippen LogP contribution < -0.4 is 5.32 Å². The number of piperazine rings is 1. The van der Waals surface area contributed by atoms with Gasteiger partial charge in [-0.25, -0.2) is 8.42 Å². The number of sulfonamides is 1. The zero-order valence-corrected chi connectivity index (χ0v) is 17.3. The Hall–Kier alpha value is -1.48. The van der Waals surface area contributed by atoms with Crippen molar-refractivity contribution in [3.8, 4) is 0 Å². The van der Waals surface area contributed by atoms with Crippen molar-refractivity contribution in [1.82, 2.24) is 14.5 Å². The van der Waals surface area contributed by atoms with Gasteiger partial charge in [0.2, 0.25) is 15.9 Å². The highest BCUT2D eigenvalue weighted by atomic mass is 32.2. The Morgan fingerprint density at radius 3 is 2.37 bits per heavy atom. The van der Waals surface area contributed by atoms with Gasteiger partial charge in [0.15, 0.2) is 0 Å². The predicted octanol–water partition coefficient (Wildman–Crippen LogP) is 1.23. The molecule has 0 aliphatic carbocycles. The number of rotatable bonds is 9. The minimum atomic E-state index is -3.47. The molecule has 1 aromatic rings. The number of nitrogens with zero attached hydrogens (tertiary/aromatic N) is 2. The van der Waals surface area contributed by atoms with Gasteiger partial charge in [-0.1, -0.05) is 17.7 Å². The molecule has 0 aromatic heterocycles. The average molecular weight is 398 g/mol. The number of hydrogen-bond donors (Lipinski definition) is 1. The fourth-order valence-electron chi connectivity index (χ4n) is 2.87. The molecule has 0 atom stereocenters. The van der Waals surface area contributed by atoms with Crippen molar-refractivity contribution in [1.29, 1.82) is 0 Å². The smallest absolute Gasteiger partial charge is 0.243 e. The first-order chi connectivity index (χ1) is 12.8. The van der Waals surface area contributed by atoms with E-state index in [1.54, 1.807) is 24.3 Å². The number of hydrogen-bond acceptors (Lipinski definition) is 5. The molecule has 27 heavy (non-hydrogen) atoms. The molecule has 1 saturated heterocycles. The molecule has 0 saturated carbocycles. The molecule has 1 N–H and O–H groups in total. The Bertz CT molecular complexity index is 696. The van der Waals surface area contributed by atoms with Gasteiger partial charge in [0.1, 0.15) is 0 Å². The van der Waals surface area contributed by atoms with Gasteiger partial charge in [0.05, 0.1) is 17.5 Å². The van der Waals surface area contributed by atoms with Gasteiger partial charge in [-0.2, -0.15) is 4.31 Å². The Morgan fingerprint density at radius 2 is 1.78 bits per heavy atom. The highest BCUT2D eigenvalue weighted by Gasteiger charge is 2.28. The summed E-state index contributed by atoms with van der Waals surface area (Å²) in [6.45, 7) is 9.30. The maximum atomic E-state index is 12.7. The van der Waals surface area contributed by atoms with Crippen LogP contribution in [0.1, 0.15) is 25.8 Å². The van der Waals surface area contributed by atoms with Crippen LogP contribution in [0, 0.1) is 6.92 Å². The van der Waals surface area contributed by atoms with Crippen LogP contribution in [0.25, 0.3) is 0 Å². The molecule has 2 rings (SSSR count). The molecule has 8 heteroatoms. The summed E-state index contributed by atoms with van der Waals surface area (Å²) in [6.07, 6.45) is 0.986. The van der Waals surface area contributed by atoms with Gasteiger partial charge in [0, 0.05) is 39.3 Å². The van der Waals surface area contributed by atoms with Gasteiger partial charge >= 0.3 is 0 Å². The van der Waals surface area contributed by atoms with Crippen LogP contribution in [0.5, 0.6) is 0 Å². The van der Waals surface area contributed by atoms with Crippen molar-refractivity contribution in [2.24, 2.45) is 0 Å². The molecular formula is C19H31N3O4S. The van der Waals surface area contributed by atoms with Gasteiger partial charge in [-0.05, 0) is 39.3 Å². The summed E-state index contributed by atoms with van der Waals surface area (Å²) in [6, 6.07) is 6.90. The lowest BCUT2D eigenvalue weighted by Crippen LogP contribution is -2.51. The van der Waals surface area contributed by atoms with Crippen LogP contribution in [0.3, 0.4) is 0 Å². The third-order valence-electron chi connectivity index (χ3n) is 4.45. The number of aryl methyl sites for hydroxylation is 1. The minimum absolute atomic E-state index is 0.0330. The van der Waals surface area contributed by atoms with Crippen LogP contribution in [0.4, 0.5) is 0 Å². The van der Waals surface area contributed by atoms with E-state index in [9.17, 15) is 13.2 Å². The molecule has 152 valence electrons. The average Bonchev–Trinajstić information content (AvgIpc) is 2.62. The number of ether oxygens (including phenoxy) is 1. The van der Waals surface area contributed by atoms with Gasteiger partial charge in [-0.15, -0.1) is 0 Å². The van der Waals surface area contributed by atoms with Gasteiger partial charge in [-0.3, -0.25) is 9.69 Å². The molecule has 7 nitrogen and oxygen atoms in total. The largest absolute Gasteiger partial charge is 0.379 e. The number of amides is 1. The highest BCUT2D eigenvalue weighted by molar-refractivity contribution is 7.89. The fraction of sp³-hybridized carbons (Fsp3) is 0.632. The van der Waals surface area contributed by atoms with E-state index in [4.69, 9.17) is 4.74 Å². The number of nitrogens with one attached hydrogen (secondary N) is 1. The van der Waals surface area contributed by atoms with E-state index in [0.717, 1.165) is 12.0 Å². The molecule has 0 spiro atoms. The lowest BCUT2D eigenvalue weighted by atomic mass is 10.2. The number of carbonyl (C=O) groups is 1. The van der Waals surface area contributed by atoms with Crippen molar-refractivity contribution in [3.05, 3.63) is 29.8 Å². The zero-order valence-electron chi connectivity index (χ0n) is 16.5. The Morgan fingerprint density at radius 1 is 1.15 bits per heavy atom. The standard InChI is InChI=1S/C19H31N3O4S/c1-16(2)26-14-4-9-20-19(23)15-21-10-12-22(13-11-21)27(24,25)18-7-5-17(3)6-8-18/h5-8,16H,4,9-15H2,1-3H3,(H,20,23). The number of benzene rings is 1. The second-order valence-electron chi connectivity index (χ2n) is 7.12. The van der Waals surface area contributed by atoms with Crippen molar-refractivity contribution in [2.45, 2.75) is 38.2 Å². The van der Waals surface area contributed by atoms with Crippen LogP contribution >= 0.6 is 0 Å². The summed E-state index contributed by atoms with van der Waals surface area (Å²) in [5.74, 6) is -0.0330. The first-order valence-electron chi connectivity index (χ1n) is 9.46. The summed E-state index contributed by atoms with van der Waals surface area (Å²) in [5, 5.41) is 2.88. The molecule has 1 fully saturated rings. The molecular weight excluding hydrogens is 366 g/mol. The fourth-order valence-corrected chi connectivity index (χ4v) is 4.29. The quantitative estimate of drug-likeness (QED) is 0.634. The van der Waals surface area contributed by atoms with E-state index in [1.165, 1.54) is 4.31 Å². The monoisotopic (exact) mass is 397 g/mol. The molecule has 1 amide bonds. The normalized spacial score (nSPS) is 16.6. The summed E-state index contributed by atoms with van der Waals surface area (Å²) < 4.78 is 32.3. The second kappa shape index (κ2) is 10.2. The van der Waals surface area contributed by atoms with Crippen LogP contribution in [0.15, 0.2) is 29.2 Å².